The molecule has 29 heavy (non-hydrogen) atoms. The number of anilines is 1. The predicted octanol–water partition coefficient (Wildman–Crippen LogP) is 3.14. The molecule has 0 saturated carbocycles. The van der Waals surface area contributed by atoms with Crippen LogP contribution in [0.1, 0.15) is 16.8 Å². The number of nitrogen functional groups attached to an aromatic ring is 1. The summed E-state index contributed by atoms with van der Waals surface area (Å²) in [6, 6.07) is 11.5. The van der Waals surface area contributed by atoms with Crippen LogP contribution in [-0.4, -0.2) is 26.3 Å². The summed E-state index contributed by atoms with van der Waals surface area (Å²) in [6.07, 6.45) is 0.605. The summed E-state index contributed by atoms with van der Waals surface area (Å²) in [6.45, 7) is 1.49. The van der Waals surface area contributed by atoms with Crippen LogP contribution < -0.4 is 11.3 Å². The Hall–Kier alpha value is -3.23. The summed E-state index contributed by atoms with van der Waals surface area (Å²) in [5, 5.41) is 11.5. The van der Waals surface area contributed by atoms with Crippen molar-refractivity contribution >= 4 is 23.0 Å². The average Bonchev–Trinajstić information content (AvgIpc) is 2.70. The van der Waals surface area contributed by atoms with Crippen LogP contribution in [0.2, 0.25) is 5.02 Å². The Morgan fingerprint density at radius 3 is 2.72 bits per heavy atom. The molecule has 0 spiro atoms. The monoisotopic (exact) mass is 411 g/mol. The Balaban J connectivity index is 1.58. The number of H-pyrrole nitrogens is 1. The second-order valence-electron chi connectivity index (χ2n) is 6.96. The summed E-state index contributed by atoms with van der Waals surface area (Å²) >= 11 is 6.21. The average molecular weight is 412 g/mol. The van der Waals surface area contributed by atoms with Gasteiger partial charge < -0.3 is 10.7 Å². The summed E-state index contributed by atoms with van der Waals surface area (Å²) in [5.74, 6) is 0.518. The zero-order valence-corrected chi connectivity index (χ0v) is 16.1. The molecule has 0 saturated heterocycles. The van der Waals surface area contributed by atoms with Gasteiger partial charge >= 0.3 is 0 Å². The van der Waals surface area contributed by atoms with E-state index < -0.39 is 4.92 Å². The van der Waals surface area contributed by atoms with Crippen LogP contribution in [0.5, 0.6) is 0 Å². The molecule has 1 aliphatic rings. The van der Waals surface area contributed by atoms with Crippen molar-refractivity contribution in [2.45, 2.75) is 19.5 Å². The number of aromatic nitrogens is 2. The van der Waals surface area contributed by atoms with E-state index in [-0.39, 0.29) is 11.2 Å². The Kier molecular flexibility index (Phi) is 5.04. The van der Waals surface area contributed by atoms with E-state index in [4.69, 9.17) is 17.3 Å². The first-order valence-electron chi connectivity index (χ1n) is 9.04. The van der Waals surface area contributed by atoms with E-state index in [9.17, 15) is 14.9 Å². The molecule has 0 fully saturated rings. The number of rotatable bonds is 4. The number of nitrogens with two attached hydrogens (primary N) is 1. The van der Waals surface area contributed by atoms with Crippen LogP contribution in [0.15, 0.2) is 47.3 Å². The van der Waals surface area contributed by atoms with E-state index in [0.717, 1.165) is 11.3 Å². The van der Waals surface area contributed by atoms with Crippen molar-refractivity contribution in [3.63, 3.8) is 0 Å². The van der Waals surface area contributed by atoms with Crippen molar-refractivity contribution in [3.05, 3.63) is 84.8 Å². The van der Waals surface area contributed by atoms with E-state index in [2.05, 4.69) is 9.97 Å². The van der Waals surface area contributed by atoms with Crippen LogP contribution in [0, 0.1) is 10.1 Å². The summed E-state index contributed by atoms with van der Waals surface area (Å²) in [7, 11) is 0. The molecule has 0 atom stereocenters. The minimum Gasteiger partial charge on any atom is -0.399 e. The Labute approximate surface area is 171 Å². The van der Waals surface area contributed by atoms with Gasteiger partial charge in [0.25, 0.3) is 11.2 Å². The molecule has 0 amide bonds. The molecule has 2 aromatic carbocycles. The summed E-state index contributed by atoms with van der Waals surface area (Å²) < 4.78 is 0. The molecule has 8 nitrogen and oxygen atoms in total. The fourth-order valence-electron chi connectivity index (χ4n) is 3.43. The van der Waals surface area contributed by atoms with E-state index in [1.807, 2.05) is 17.0 Å². The first-order valence-corrected chi connectivity index (χ1v) is 9.41. The van der Waals surface area contributed by atoms with Gasteiger partial charge in [-0.25, -0.2) is 4.98 Å². The number of non-ortho nitro benzene ring substituents is 1. The number of halogens is 1. The number of fused-ring (bicyclic) bond motifs is 1. The molecule has 3 aromatic rings. The zero-order valence-electron chi connectivity index (χ0n) is 15.4. The second-order valence-corrected chi connectivity index (χ2v) is 7.36. The lowest BCUT2D eigenvalue weighted by Crippen LogP contribution is -2.35. The van der Waals surface area contributed by atoms with E-state index in [1.54, 1.807) is 12.1 Å². The fraction of sp³-hybridized carbons (Fsp3) is 0.200. The fourth-order valence-corrected chi connectivity index (χ4v) is 3.61. The molecule has 0 aliphatic carbocycles. The second kappa shape index (κ2) is 7.65. The molecule has 0 unspecified atom stereocenters. The standard InChI is InChI=1S/C20H18ClN5O3/c21-17-6-5-15(26(28)29)9-13(17)10-25-8-7-18-16(11-25)20(27)24-19(23-18)12-1-3-14(22)4-2-12/h1-6,9H,7-8,10-11,22H2,(H,23,24,27). The number of aromatic amines is 1. The highest BCUT2D eigenvalue weighted by Crippen LogP contribution is 2.26. The number of hydrogen-bond donors (Lipinski definition) is 2. The van der Waals surface area contributed by atoms with Gasteiger partial charge in [-0.15, -0.1) is 0 Å². The third-order valence-corrected chi connectivity index (χ3v) is 5.33. The Morgan fingerprint density at radius 1 is 1.24 bits per heavy atom. The molecule has 3 N–H and O–H groups in total. The van der Waals surface area contributed by atoms with Crippen molar-refractivity contribution < 1.29 is 4.92 Å². The number of nitrogens with zero attached hydrogens (tertiary/aromatic N) is 3. The highest BCUT2D eigenvalue weighted by atomic mass is 35.5. The number of benzene rings is 2. The van der Waals surface area contributed by atoms with Crippen molar-refractivity contribution in [2.24, 2.45) is 0 Å². The van der Waals surface area contributed by atoms with Gasteiger partial charge in [0.15, 0.2) is 0 Å². The maximum absolute atomic E-state index is 12.7. The molecule has 1 aromatic heterocycles. The van der Waals surface area contributed by atoms with Crippen LogP contribution in [0.4, 0.5) is 11.4 Å². The molecule has 4 rings (SSSR count). The molecule has 148 valence electrons. The first-order chi connectivity index (χ1) is 13.9. The SMILES string of the molecule is Nc1ccc(-c2nc3c(c(=O)[nH]2)CN(Cc2cc([N+](=O)[O-])ccc2Cl)CC3)cc1. The van der Waals surface area contributed by atoms with Crippen molar-refractivity contribution in [1.82, 2.24) is 14.9 Å². The number of hydrogen-bond acceptors (Lipinski definition) is 6. The smallest absolute Gasteiger partial charge is 0.269 e. The number of nitro benzene ring substituents is 1. The van der Waals surface area contributed by atoms with Gasteiger partial charge in [0.1, 0.15) is 5.82 Å². The van der Waals surface area contributed by atoms with Gasteiger partial charge in [-0.1, -0.05) is 11.6 Å². The third kappa shape index (κ3) is 3.98. The van der Waals surface area contributed by atoms with Gasteiger partial charge in [0.2, 0.25) is 0 Å². The van der Waals surface area contributed by atoms with Gasteiger partial charge in [0, 0.05) is 54.5 Å². The minimum atomic E-state index is -0.446. The lowest BCUT2D eigenvalue weighted by molar-refractivity contribution is -0.384. The van der Waals surface area contributed by atoms with Crippen LogP contribution >= 0.6 is 11.6 Å². The molecule has 9 heteroatoms. The normalized spacial score (nSPS) is 13.8. The highest BCUT2D eigenvalue weighted by molar-refractivity contribution is 6.31. The van der Waals surface area contributed by atoms with Gasteiger partial charge in [0.05, 0.1) is 16.2 Å². The molecule has 2 heterocycles. The quantitative estimate of drug-likeness (QED) is 0.387. The van der Waals surface area contributed by atoms with Crippen LogP contribution in [-0.2, 0) is 19.5 Å². The topological polar surface area (TPSA) is 118 Å². The molecule has 1 aliphatic heterocycles. The Morgan fingerprint density at radius 2 is 2.00 bits per heavy atom. The van der Waals surface area contributed by atoms with Crippen LogP contribution in [0.3, 0.4) is 0 Å². The van der Waals surface area contributed by atoms with Crippen molar-refractivity contribution in [3.8, 4) is 11.4 Å². The lowest BCUT2D eigenvalue weighted by Gasteiger charge is -2.28. The van der Waals surface area contributed by atoms with E-state index >= 15 is 0 Å². The zero-order chi connectivity index (χ0) is 20.5. The predicted molar refractivity (Wildman–Crippen MR) is 111 cm³/mol. The van der Waals surface area contributed by atoms with E-state index in [0.29, 0.717) is 53.7 Å². The molecular formula is C20H18ClN5O3. The lowest BCUT2D eigenvalue weighted by atomic mass is 10.0. The van der Waals surface area contributed by atoms with Crippen LogP contribution in [0.25, 0.3) is 11.4 Å². The van der Waals surface area contributed by atoms with Crippen molar-refractivity contribution in [1.29, 1.82) is 0 Å². The number of nitro groups is 1. The van der Waals surface area contributed by atoms with E-state index in [1.165, 1.54) is 18.2 Å². The summed E-state index contributed by atoms with van der Waals surface area (Å²) in [5.41, 5.74) is 9.00. The molecule has 0 bridgehead atoms. The van der Waals surface area contributed by atoms with Gasteiger partial charge in [-0.05, 0) is 35.9 Å². The molecule has 0 radical (unpaired) electrons. The maximum Gasteiger partial charge on any atom is 0.269 e. The van der Waals surface area contributed by atoms with Gasteiger partial charge in [-0.2, -0.15) is 0 Å². The summed E-state index contributed by atoms with van der Waals surface area (Å²) in [4.78, 5) is 32.8. The van der Waals surface area contributed by atoms with Crippen molar-refractivity contribution in [2.75, 3.05) is 12.3 Å². The first kappa shape index (κ1) is 19.1. The maximum atomic E-state index is 12.7. The largest absolute Gasteiger partial charge is 0.399 e. The van der Waals surface area contributed by atoms with Gasteiger partial charge in [-0.3, -0.25) is 19.8 Å². The minimum absolute atomic E-state index is 0.00513. The Bertz CT molecular complexity index is 1140. The highest BCUT2D eigenvalue weighted by Gasteiger charge is 2.23. The third-order valence-electron chi connectivity index (χ3n) is 4.97. The molecular weight excluding hydrogens is 394 g/mol. The number of nitrogens with one attached hydrogen (secondary N) is 1.